The summed E-state index contributed by atoms with van der Waals surface area (Å²) < 4.78 is 0. The zero-order valence-electron chi connectivity index (χ0n) is 7.56. The second kappa shape index (κ2) is 2.54. The van der Waals surface area contributed by atoms with Crippen LogP contribution in [0, 0.1) is 10.1 Å². The van der Waals surface area contributed by atoms with Gasteiger partial charge in [-0.15, -0.1) is 0 Å². The Bertz CT molecular complexity index is 417. The molecular formula is C10H10N2O2. The number of nitro groups is 1. The second-order valence-electron chi connectivity index (χ2n) is 3.92. The van der Waals surface area contributed by atoms with Crippen molar-refractivity contribution < 1.29 is 4.92 Å². The third kappa shape index (κ3) is 0.915. The van der Waals surface area contributed by atoms with Gasteiger partial charge in [0.1, 0.15) is 0 Å². The number of hydrogen-bond donors (Lipinski definition) is 1. The molecule has 2 bridgehead atoms. The maximum Gasteiger partial charge on any atom is 0.269 e. The number of nitrogens with one attached hydrogen (secondary N) is 1. The minimum Gasteiger partial charge on any atom is -0.303 e. The predicted octanol–water partition coefficient (Wildman–Crippen LogP) is 2.07. The summed E-state index contributed by atoms with van der Waals surface area (Å²) in [6.07, 6.45) is 2.27. The molecule has 0 radical (unpaired) electrons. The lowest BCUT2D eigenvalue weighted by Gasteiger charge is -2.11. The molecule has 1 N–H and O–H groups in total. The molecule has 0 aromatic heterocycles. The van der Waals surface area contributed by atoms with E-state index >= 15 is 0 Å². The number of non-ortho nitro benzene ring substituents is 1. The minimum atomic E-state index is -0.327. The van der Waals surface area contributed by atoms with Gasteiger partial charge in [0, 0.05) is 24.2 Å². The van der Waals surface area contributed by atoms with E-state index in [2.05, 4.69) is 5.32 Å². The van der Waals surface area contributed by atoms with E-state index in [-0.39, 0.29) is 10.6 Å². The van der Waals surface area contributed by atoms with Crippen molar-refractivity contribution in [2.45, 2.75) is 24.9 Å². The zero-order valence-corrected chi connectivity index (χ0v) is 7.56. The first-order valence-corrected chi connectivity index (χ1v) is 4.80. The average molecular weight is 190 g/mol. The molecule has 4 heteroatoms. The Hall–Kier alpha value is -1.42. The van der Waals surface area contributed by atoms with Crippen molar-refractivity contribution in [1.82, 2.24) is 5.32 Å². The molecule has 2 aliphatic heterocycles. The third-order valence-corrected chi connectivity index (χ3v) is 3.18. The van der Waals surface area contributed by atoms with Crippen molar-refractivity contribution in [3.8, 4) is 0 Å². The first-order chi connectivity index (χ1) is 6.75. The Labute approximate surface area is 81.1 Å². The molecule has 2 aliphatic rings. The van der Waals surface area contributed by atoms with Gasteiger partial charge in [-0.05, 0) is 24.0 Å². The smallest absolute Gasteiger partial charge is 0.269 e. The Morgan fingerprint density at radius 3 is 2.71 bits per heavy atom. The number of nitrogens with zero attached hydrogens (tertiary/aromatic N) is 1. The van der Waals surface area contributed by atoms with E-state index in [1.807, 2.05) is 6.07 Å². The lowest BCUT2D eigenvalue weighted by atomic mass is 9.91. The van der Waals surface area contributed by atoms with Crippen LogP contribution in [0.15, 0.2) is 18.2 Å². The van der Waals surface area contributed by atoms with Crippen LogP contribution in [0.5, 0.6) is 0 Å². The average Bonchev–Trinajstić information content (AvgIpc) is 2.77. The Kier molecular flexibility index (Phi) is 1.44. The Morgan fingerprint density at radius 1 is 1.29 bits per heavy atom. The number of benzene rings is 1. The zero-order chi connectivity index (χ0) is 9.71. The maximum atomic E-state index is 10.6. The molecule has 2 unspecified atom stereocenters. The van der Waals surface area contributed by atoms with E-state index in [1.54, 1.807) is 12.1 Å². The number of rotatable bonds is 1. The van der Waals surface area contributed by atoms with Crippen LogP contribution in [0.2, 0.25) is 0 Å². The fourth-order valence-corrected chi connectivity index (χ4v) is 2.53. The predicted molar refractivity (Wildman–Crippen MR) is 50.9 cm³/mol. The van der Waals surface area contributed by atoms with E-state index in [0.717, 1.165) is 18.4 Å². The molecule has 1 saturated heterocycles. The summed E-state index contributed by atoms with van der Waals surface area (Å²) in [5, 5.41) is 14.0. The number of hydrogen-bond acceptors (Lipinski definition) is 3. The van der Waals surface area contributed by atoms with E-state index in [1.165, 1.54) is 5.56 Å². The van der Waals surface area contributed by atoms with Gasteiger partial charge in [0.15, 0.2) is 0 Å². The molecule has 0 spiro atoms. The molecule has 1 aromatic carbocycles. The van der Waals surface area contributed by atoms with Crippen LogP contribution >= 0.6 is 0 Å². The lowest BCUT2D eigenvalue weighted by molar-refractivity contribution is -0.384. The molecule has 2 atom stereocenters. The molecule has 14 heavy (non-hydrogen) atoms. The molecule has 1 aromatic rings. The van der Waals surface area contributed by atoms with Gasteiger partial charge in [-0.3, -0.25) is 10.1 Å². The summed E-state index contributed by atoms with van der Waals surface area (Å²) in [5.74, 6) is 0. The summed E-state index contributed by atoms with van der Waals surface area (Å²) in [4.78, 5) is 10.3. The molecule has 3 rings (SSSR count). The maximum absolute atomic E-state index is 10.6. The van der Waals surface area contributed by atoms with Crippen LogP contribution in [0.4, 0.5) is 5.69 Å². The first-order valence-electron chi connectivity index (χ1n) is 4.80. The summed E-state index contributed by atoms with van der Waals surface area (Å²) in [6.45, 7) is 0. The quantitative estimate of drug-likeness (QED) is 0.544. The molecular weight excluding hydrogens is 180 g/mol. The minimum absolute atomic E-state index is 0.207. The van der Waals surface area contributed by atoms with Crippen molar-refractivity contribution in [3.63, 3.8) is 0 Å². The third-order valence-electron chi connectivity index (χ3n) is 3.18. The Morgan fingerprint density at radius 2 is 2.00 bits per heavy atom. The van der Waals surface area contributed by atoms with Gasteiger partial charge in [-0.2, -0.15) is 0 Å². The summed E-state index contributed by atoms with van der Waals surface area (Å²) in [7, 11) is 0. The second-order valence-corrected chi connectivity index (χ2v) is 3.92. The first kappa shape index (κ1) is 7.94. The van der Waals surface area contributed by atoms with Crippen molar-refractivity contribution in [2.24, 2.45) is 0 Å². The molecule has 1 fully saturated rings. The van der Waals surface area contributed by atoms with Crippen LogP contribution in [-0.4, -0.2) is 4.92 Å². The Balaban J connectivity index is 2.12. The largest absolute Gasteiger partial charge is 0.303 e. The van der Waals surface area contributed by atoms with Crippen LogP contribution in [0.3, 0.4) is 0 Å². The van der Waals surface area contributed by atoms with Gasteiger partial charge >= 0.3 is 0 Å². The van der Waals surface area contributed by atoms with Crippen LogP contribution in [0.25, 0.3) is 0 Å². The lowest BCUT2D eigenvalue weighted by Crippen LogP contribution is -2.05. The van der Waals surface area contributed by atoms with Gasteiger partial charge in [0.2, 0.25) is 0 Å². The van der Waals surface area contributed by atoms with Gasteiger partial charge in [0.25, 0.3) is 5.69 Å². The molecule has 4 nitrogen and oxygen atoms in total. The number of nitro benzene ring substituents is 1. The highest BCUT2D eigenvalue weighted by Crippen LogP contribution is 2.45. The standard InChI is InChI=1S/C10H10N2O2/c13-12(14)6-1-2-7-8(5-6)10-4-3-9(7)11-10/h1-2,5,9-11H,3-4H2. The normalized spacial score (nSPS) is 27.7. The summed E-state index contributed by atoms with van der Waals surface area (Å²) in [6, 6.07) is 6.00. The fourth-order valence-electron chi connectivity index (χ4n) is 2.53. The molecule has 2 heterocycles. The SMILES string of the molecule is O=[N+]([O-])c1ccc2c(c1)C1CCC2N1. The van der Waals surface area contributed by atoms with Crippen molar-refractivity contribution in [1.29, 1.82) is 0 Å². The number of fused-ring (bicyclic) bond motifs is 5. The van der Waals surface area contributed by atoms with Crippen molar-refractivity contribution in [2.75, 3.05) is 0 Å². The molecule has 0 aliphatic carbocycles. The van der Waals surface area contributed by atoms with Crippen LogP contribution in [0.1, 0.15) is 36.1 Å². The van der Waals surface area contributed by atoms with Gasteiger partial charge in [-0.25, -0.2) is 0 Å². The molecule has 72 valence electrons. The van der Waals surface area contributed by atoms with Crippen LogP contribution < -0.4 is 5.32 Å². The van der Waals surface area contributed by atoms with Crippen molar-refractivity contribution >= 4 is 5.69 Å². The highest BCUT2D eigenvalue weighted by molar-refractivity contribution is 5.47. The van der Waals surface area contributed by atoms with E-state index in [9.17, 15) is 10.1 Å². The molecule has 0 saturated carbocycles. The van der Waals surface area contributed by atoms with E-state index < -0.39 is 0 Å². The van der Waals surface area contributed by atoms with Gasteiger partial charge < -0.3 is 5.32 Å². The highest BCUT2D eigenvalue weighted by Gasteiger charge is 2.36. The van der Waals surface area contributed by atoms with Crippen molar-refractivity contribution in [3.05, 3.63) is 39.4 Å². The summed E-state index contributed by atoms with van der Waals surface area (Å²) >= 11 is 0. The highest BCUT2D eigenvalue weighted by atomic mass is 16.6. The van der Waals surface area contributed by atoms with Crippen LogP contribution in [-0.2, 0) is 0 Å². The molecule has 0 amide bonds. The monoisotopic (exact) mass is 190 g/mol. The fraction of sp³-hybridized carbons (Fsp3) is 0.400. The van der Waals surface area contributed by atoms with Gasteiger partial charge in [-0.1, -0.05) is 6.07 Å². The topological polar surface area (TPSA) is 55.2 Å². The van der Waals surface area contributed by atoms with E-state index in [0.29, 0.717) is 12.1 Å². The van der Waals surface area contributed by atoms with Gasteiger partial charge in [0.05, 0.1) is 4.92 Å². The summed E-state index contributed by atoms with van der Waals surface area (Å²) in [5.41, 5.74) is 2.60. The van der Waals surface area contributed by atoms with E-state index in [4.69, 9.17) is 0 Å².